The van der Waals surface area contributed by atoms with Crippen molar-refractivity contribution in [3.05, 3.63) is 0 Å². The summed E-state index contributed by atoms with van der Waals surface area (Å²) in [5, 5.41) is -0.180. The van der Waals surface area contributed by atoms with Gasteiger partial charge >= 0.3 is 12.4 Å². The molecule has 2 rings (SSSR count). The number of hydrogen-bond acceptors (Lipinski definition) is 1. The third-order valence-electron chi connectivity index (χ3n) is 3.44. The number of alkyl halides is 8. The maximum absolute atomic E-state index is 13.1. The van der Waals surface area contributed by atoms with E-state index in [1.807, 2.05) is 0 Å². The normalized spacial score (nSPS) is 40.9. The minimum Gasteiger partial charge on any atom is -0.289 e. The van der Waals surface area contributed by atoms with Gasteiger partial charge in [0.05, 0.1) is 11.4 Å². The molecule has 1 heterocycles. The van der Waals surface area contributed by atoms with Gasteiger partial charge in [0.1, 0.15) is 6.17 Å². The molecule has 1 aliphatic carbocycles. The first-order chi connectivity index (χ1) is 7.52. The summed E-state index contributed by atoms with van der Waals surface area (Å²) in [6.45, 7) is 0. The molecule has 2 aliphatic rings. The zero-order valence-electron chi connectivity index (χ0n) is 8.04. The SMILES string of the molecule is F[C@H]1C[C@H]2[C@H](Cl)[C@H]1NC2(C(F)(F)F)C(F)(F)F. The van der Waals surface area contributed by atoms with Gasteiger partial charge in [-0.1, -0.05) is 0 Å². The van der Waals surface area contributed by atoms with Crippen LogP contribution in [0.1, 0.15) is 6.42 Å². The van der Waals surface area contributed by atoms with Gasteiger partial charge in [0.2, 0.25) is 5.54 Å². The van der Waals surface area contributed by atoms with E-state index in [4.69, 9.17) is 11.6 Å². The number of piperidine rings is 1. The molecule has 1 saturated heterocycles. The van der Waals surface area contributed by atoms with Crippen molar-refractivity contribution in [1.29, 1.82) is 0 Å². The van der Waals surface area contributed by atoms with Crippen LogP contribution in [0.3, 0.4) is 0 Å². The maximum atomic E-state index is 13.1. The first-order valence-electron chi connectivity index (χ1n) is 4.71. The molecule has 2 fully saturated rings. The van der Waals surface area contributed by atoms with E-state index < -0.39 is 47.8 Å². The first kappa shape index (κ1) is 13.2. The molecule has 9 heteroatoms. The van der Waals surface area contributed by atoms with Crippen molar-refractivity contribution < 1.29 is 30.7 Å². The van der Waals surface area contributed by atoms with Crippen LogP contribution in [0.2, 0.25) is 0 Å². The summed E-state index contributed by atoms with van der Waals surface area (Å²) in [7, 11) is 0. The number of hydrogen-bond donors (Lipinski definition) is 1. The van der Waals surface area contributed by atoms with Crippen LogP contribution in [0, 0.1) is 5.92 Å². The molecule has 0 aromatic carbocycles. The van der Waals surface area contributed by atoms with Crippen molar-refractivity contribution in [3.8, 4) is 0 Å². The van der Waals surface area contributed by atoms with Crippen molar-refractivity contribution in [2.24, 2.45) is 5.92 Å². The Kier molecular flexibility index (Phi) is 2.64. The standard InChI is InChI=1S/C8H7ClF7N/c9-4-2-1-3(10)5(4)17-6(2,7(11,12)13)8(14,15)16/h2-5,17H,1H2/t2-,3-,4-,5-/m0/s1. The van der Waals surface area contributed by atoms with E-state index >= 15 is 0 Å². The lowest BCUT2D eigenvalue weighted by atomic mass is 9.82. The van der Waals surface area contributed by atoms with E-state index in [9.17, 15) is 30.7 Å². The Morgan fingerprint density at radius 2 is 1.53 bits per heavy atom. The quantitative estimate of drug-likeness (QED) is 0.533. The summed E-state index contributed by atoms with van der Waals surface area (Å²) in [6.07, 6.45) is -13.7. The van der Waals surface area contributed by atoms with Crippen LogP contribution < -0.4 is 5.32 Å². The second kappa shape index (κ2) is 3.40. The second-order valence-electron chi connectivity index (χ2n) is 4.28. The maximum Gasteiger partial charge on any atom is 0.415 e. The fourth-order valence-corrected chi connectivity index (χ4v) is 3.18. The summed E-state index contributed by atoms with van der Waals surface area (Å²) in [6, 6.07) is -1.61. The molecule has 1 saturated carbocycles. The molecule has 0 amide bonds. The van der Waals surface area contributed by atoms with Gasteiger partial charge < -0.3 is 0 Å². The molecule has 0 spiro atoms. The predicted octanol–water partition coefficient (Wildman–Crippen LogP) is 2.79. The molecule has 100 valence electrons. The molecule has 17 heavy (non-hydrogen) atoms. The van der Waals surface area contributed by atoms with Crippen molar-refractivity contribution in [2.75, 3.05) is 0 Å². The molecule has 1 nitrogen and oxygen atoms in total. The topological polar surface area (TPSA) is 12.0 Å². The van der Waals surface area contributed by atoms with Gasteiger partial charge in [0.25, 0.3) is 0 Å². The van der Waals surface area contributed by atoms with Crippen molar-refractivity contribution in [1.82, 2.24) is 5.32 Å². The van der Waals surface area contributed by atoms with Crippen LogP contribution in [0.15, 0.2) is 0 Å². The lowest BCUT2D eigenvalue weighted by molar-refractivity contribution is -0.320. The molecule has 0 unspecified atom stereocenters. The zero-order valence-corrected chi connectivity index (χ0v) is 8.80. The lowest BCUT2D eigenvalue weighted by Gasteiger charge is -2.41. The van der Waals surface area contributed by atoms with Crippen LogP contribution in [0.5, 0.6) is 0 Å². The highest BCUT2D eigenvalue weighted by atomic mass is 35.5. The van der Waals surface area contributed by atoms with Crippen LogP contribution in [0.4, 0.5) is 30.7 Å². The largest absolute Gasteiger partial charge is 0.415 e. The van der Waals surface area contributed by atoms with Gasteiger partial charge in [-0.05, 0) is 6.42 Å². The summed E-state index contributed by atoms with van der Waals surface area (Å²) in [4.78, 5) is 0. The van der Waals surface area contributed by atoms with Crippen molar-refractivity contribution in [3.63, 3.8) is 0 Å². The number of fused-ring (bicyclic) bond motifs is 2. The Labute approximate surface area is 96.3 Å². The minimum atomic E-state index is -5.56. The summed E-state index contributed by atoms with van der Waals surface area (Å²) in [5.74, 6) is -2.02. The van der Waals surface area contributed by atoms with E-state index in [2.05, 4.69) is 0 Å². The highest BCUT2D eigenvalue weighted by Gasteiger charge is 2.81. The van der Waals surface area contributed by atoms with Gasteiger partial charge in [0, 0.05) is 5.92 Å². The van der Waals surface area contributed by atoms with Crippen molar-refractivity contribution >= 4 is 11.6 Å². The monoisotopic (exact) mass is 285 g/mol. The Morgan fingerprint density at radius 1 is 1.06 bits per heavy atom. The van der Waals surface area contributed by atoms with Crippen LogP contribution in [0.25, 0.3) is 0 Å². The van der Waals surface area contributed by atoms with Gasteiger partial charge in [-0.3, -0.25) is 5.32 Å². The Balaban J connectivity index is 2.48. The molecular weight excluding hydrogens is 279 g/mol. The molecule has 1 aliphatic heterocycles. The highest BCUT2D eigenvalue weighted by molar-refractivity contribution is 6.22. The van der Waals surface area contributed by atoms with Gasteiger partial charge in [-0.15, -0.1) is 11.6 Å². The van der Waals surface area contributed by atoms with E-state index in [-0.39, 0.29) is 0 Å². The van der Waals surface area contributed by atoms with Gasteiger partial charge in [0.15, 0.2) is 0 Å². The molecule has 2 bridgehead atoms. The number of halogens is 8. The molecule has 0 aromatic heterocycles. The first-order valence-corrected chi connectivity index (χ1v) is 5.15. The fraction of sp³-hybridized carbons (Fsp3) is 1.00. The summed E-state index contributed by atoms with van der Waals surface area (Å²) >= 11 is 5.46. The third-order valence-corrected chi connectivity index (χ3v) is 4.02. The average Bonchev–Trinajstić information content (AvgIpc) is 2.53. The Hall–Kier alpha value is -0.240. The predicted molar refractivity (Wildman–Crippen MR) is 44.4 cm³/mol. The van der Waals surface area contributed by atoms with Gasteiger partial charge in [-0.25, -0.2) is 4.39 Å². The van der Waals surface area contributed by atoms with E-state index in [1.165, 1.54) is 5.32 Å². The summed E-state index contributed by atoms with van der Waals surface area (Å²) in [5.41, 5.74) is -4.08. The molecule has 0 radical (unpaired) electrons. The molecular formula is C8H7ClF7N. The van der Waals surface area contributed by atoms with E-state index in [0.717, 1.165) is 0 Å². The average molecular weight is 286 g/mol. The van der Waals surface area contributed by atoms with Crippen LogP contribution in [-0.2, 0) is 0 Å². The molecule has 1 N–H and O–H groups in total. The number of rotatable bonds is 0. The smallest absolute Gasteiger partial charge is 0.289 e. The summed E-state index contributed by atoms with van der Waals surface area (Å²) < 4.78 is 89.3. The van der Waals surface area contributed by atoms with Crippen LogP contribution >= 0.6 is 11.6 Å². The second-order valence-corrected chi connectivity index (χ2v) is 4.78. The molecule has 4 atom stereocenters. The Bertz CT molecular complexity index is 311. The number of nitrogens with one attached hydrogen (secondary N) is 1. The third kappa shape index (κ3) is 1.49. The lowest BCUT2D eigenvalue weighted by Crippen LogP contribution is -2.70. The van der Waals surface area contributed by atoms with E-state index in [0.29, 0.717) is 0 Å². The Morgan fingerprint density at radius 3 is 1.76 bits per heavy atom. The van der Waals surface area contributed by atoms with Crippen LogP contribution in [-0.4, -0.2) is 35.5 Å². The molecule has 0 aromatic rings. The van der Waals surface area contributed by atoms with Gasteiger partial charge in [-0.2, -0.15) is 26.3 Å². The van der Waals surface area contributed by atoms with E-state index in [1.54, 1.807) is 0 Å². The zero-order chi connectivity index (χ0) is 13.2. The minimum absolute atomic E-state index is 0.829. The van der Waals surface area contributed by atoms with Crippen molar-refractivity contribution in [2.45, 2.75) is 41.9 Å². The fourth-order valence-electron chi connectivity index (χ4n) is 2.67. The highest BCUT2D eigenvalue weighted by Crippen LogP contribution is 2.58.